The van der Waals surface area contributed by atoms with Crippen molar-refractivity contribution in [2.45, 2.75) is 58.4 Å². The van der Waals surface area contributed by atoms with Crippen molar-refractivity contribution in [1.29, 1.82) is 0 Å². The minimum absolute atomic E-state index is 0.0138. The first kappa shape index (κ1) is 22.1. The Balaban J connectivity index is 2.26. The van der Waals surface area contributed by atoms with E-state index in [1.165, 1.54) is 0 Å². The van der Waals surface area contributed by atoms with E-state index >= 15 is 0 Å². The van der Waals surface area contributed by atoms with E-state index in [2.05, 4.69) is 21.2 Å². The van der Waals surface area contributed by atoms with Crippen molar-refractivity contribution >= 4 is 23.9 Å². The van der Waals surface area contributed by atoms with Gasteiger partial charge < -0.3 is 16.4 Å². The maximum absolute atomic E-state index is 11.8. The van der Waals surface area contributed by atoms with Gasteiger partial charge in [0, 0.05) is 38.1 Å². The van der Waals surface area contributed by atoms with Gasteiger partial charge in [0.15, 0.2) is 0 Å². The standard InChI is InChI=1S/C18H33N5O3/c1-4-13(9-16(24)12(2)19)11-22-23-18(26)21-10-14-5-7-15(8-6-14)17(25)20-3/h11-15H,4-10,19H2,1-3H3,(H,20,25)(H2,21,23,26)/b22-11+/t12?,13-,14?,15?/m1/s1. The third-order valence-electron chi connectivity index (χ3n) is 4.96. The summed E-state index contributed by atoms with van der Waals surface area (Å²) in [6.45, 7) is 4.20. The average Bonchev–Trinajstić information content (AvgIpc) is 2.64. The summed E-state index contributed by atoms with van der Waals surface area (Å²) >= 11 is 0. The quantitative estimate of drug-likeness (QED) is 0.360. The van der Waals surface area contributed by atoms with Gasteiger partial charge in [-0.3, -0.25) is 9.59 Å². The van der Waals surface area contributed by atoms with Crippen molar-refractivity contribution in [2.75, 3.05) is 13.6 Å². The highest BCUT2D eigenvalue weighted by atomic mass is 16.2. The molecule has 3 amide bonds. The second-order valence-electron chi connectivity index (χ2n) is 7.06. The van der Waals surface area contributed by atoms with Crippen molar-refractivity contribution in [1.82, 2.24) is 16.1 Å². The number of nitrogens with two attached hydrogens (primary N) is 1. The Morgan fingerprint density at radius 3 is 2.42 bits per heavy atom. The van der Waals surface area contributed by atoms with Gasteiger partial charge in [-0.1, -0.05) is 6.92 Å². The Bertz CT molecular complexity index is 499. The summed E-state index contributed by atoms with van der Waals surface area (Å²) < 4.78 is 0. The lowest BCUT2D eigenvalue weighted by Gasteiger charge is -2.27. The molecule has 26 heavy (non-hydrogen) atoms. The first-order valence-corrected chi connectivity index (χ1v) is 9.44. The van der Waals surface area contributed by atoms with Crippen LogP contribution in [0.25, 0.3) is 0 Å². The van der Waals surface area contributed by atoms with Crippen LogP contribution in [0, 0.1) is 17.8 Å². The third-order valence-corrected chi connectivity index (χ3v) is 4.96. The van der Waals surface area contributed by atoms with Gasteiger partial charge in [0.25, 0.3) is 0 Å². The molecule has 0 saturated heterocycles. The van der Waals surface area contributed by atoms with Crippen molar-refractivity contribution in [2.24, 2.45) is 28.6 Å². The van der Waals surface area contributed by atoms with Gasteiger partial charge in [-0.15, -0.1) is 0 Å². The molecule has 0 spiro atoms. The van der Waals surface area contributed by atoms with Crippen LogP contribution < -0.4 is 21.8 Å². The number of carbonyl (C=O) groups excluding carboxylic acids is 3. The minimum Gasteiger partial charge on any atom is -0.359 e. The molecule has 2 atom stereocenters. The van der Waals surface area contributed by atoms with Crippen molar-refractivity contribution in [3.8, 4) is 0 Å². The van der Waals surface area contributed by atoms with Crippen molar-refractivity contribution < 1.29 is 14.4 Å². The Labute approximate surface area is 155 Å². The number of carbonyl (C=O) groups is 3. The normalized spacial score (nSPS) is 22.5. The maximum Gasteiger partial charge on any atom is 0.335 e. The highest BCUT2D eigenvalue weighted by Gasteiger charge is 2.25. The fraction of sp³-hybridized carbons (Fsp3) is 0.778. The maximum atomic E-state index is 11.8. The van der Waals surface area contributed by atoms with E-state index < -0.39 is 6.04 Å². The summed E-state index contributed by atoms with van der Waals surface area (Å²) in [6, 6.07) is -0.838. The summed E-state index contributed by atoms with van der Waals surface area (Å²) in [6.07, 6.45) is 6.25. The number of hydrazone groups is 1. The highest BCUT2D eigenvalue weighted by molar-refractivity contribution is 5.86. The van der Waals surface area contributed by atoms with Crippen LogP contribution in [0.2, 0.25) is 0 Å². The number of rotatable bonds is 9. The second kappa shape index (κ2) is 11.6. The van der Waals surface area contributed by atoms with Gasteiger partial charge in [-0.2, -0.15) is 5.10 Å². The molecular formula is C18H33N5O3. The average molecular weight is 367 g/mol. The Morgan fingerprint density at radius 1 is 1.23 bits per heavy atom. The molecule has 1 fully saturated rings. The minimum atomic E-state index is -0.479. The number of amides is 3. The second-order valence-corrected chi connectivity index (χ2v) is 7.06. The van der Waals surface area contributed by atoms with Crippen LogP contribution in [0.15, 0.2) is 5.10 Å². The zero-order valence-corrected chi connectivity index (χ0v) is 16.1. The topological polar surface area (TPSA) is 126 Å². The number of nitrogens with zero attached hydrogens (tertiary/aromatic N) is 1. The van der Waals surface area contributed by atoms with Crippen LogP contribution >= 0.6 is 0 Å². The van der Waals surface area contributed by atoms with Gasteiger partial charge in [0.1, 0.15) is 5.78 Å². The van der Waals surface area contributed by atoms with Crippen LogP contribution in [0.5, 0.6) is 0 Å². The molecule has 0 aromatic rings. The van der Waals surface area contributed by atoms with Crippen LogP contribution in [-0.4, -0.2) is 43.6 Å². The summed E-state index contributed by atoms with van der Waals surface area (Å²) in [4.78, 5) is 35.1. The Hall–Kier alpha value is -1.96. The van der Waals surface area contributed by atoms with Crippen LogP contribution in [0.4, 0.5) is 4.79 Å². The molecule has 1 unspecified atom stereocenters. The Kier molecular flexibility index (Phi) is 9.87. The number of Topliss-reactive ketones (excluding diaryl/α,β-unsaturated/α-hetero) is 1. The number of urea groups is 1. The molecule has 0 aromatic heterocycles. The van der Waals surface area contributed by atoms with E-state index in [1.807, 2.05) is 6.92 Å². The summed E-state index contributed by atoms with van der Waals surface area (Å²) in [7, 11) is 1.66. The summed E-state index contributed by atoms with van der Waals surface area (Å²) in [5, 5.41) is 9.43. The molecule has 0 aliphatic heterocycles. The molecule has 0 bridgehead atoms. The fourth-order valence-corrected chi connectivity index (χ4v) is 3.06. The predicted molar refractivity (Wildman–Crippen MR) is 102 cm³/mol. The van der Waals surface area contributed by atoms with Gasteiger partial charge in [-0.05, 0) is 44.9 Å². The van der Waals surface area contributed by atoms with Gasteiger partial charge in [-0.25, -0.2) is 10.2 Å². The van der Waals surface area contributed by atoms with Gasteiger partial charge >= 0.3 is 6.03 Å². The molecule has 1 aliphatic carbocycles. The van der Waals surface area contributed by atoms with E-state index in [9.17, 15) is 14.4 Å². The van der Waals surface area contributed by atoms with Crippen molar-refractivity contribution in [3.05, 3.63) is 0 Å². The number of hydrogen-bond acceptors (Lipinski definition) is 5. The molecule has 1 aliphatic rings. The SMILES string of the molecule is CC[C@@H](/C=N/NC(=O)NCC1CCC(C(=O)NC)CC1)CC(=O)C(C)N. The van der Waals surface area contributed by atoms with Gasteiger partial charge in [0.05, 0.1) is 6.04 Å². The summed E-state index contributed by atoms with van der Waals surface area (Å²) in [5.41, 5.74) is 8.00. The molecule has 148 valence electrons. The van der Waals surface area contributed by atoms with Crippen LogP contribution in [0.1, 0.15) is 52.4 Å². The molecule has 0 aromatic carbocycles. The lowest BCUT2D eigenvalue weighted by Crippen LogP contribution is -2.38. The van der Waals surface area contributed by atoms with E-state index in [1.54, 1.807) is 20.2 Å². The van der Waals surface area contributed by atoms with E-state index in [4.69, 9.17) is 5.73 Å². The van der Waals surface area contributed by atoms with E-state index in [0.29, 0.717) is 18.9 Å². The molecule has 8 nitrogen and oxygen atoms in total. The molecule has 0 heterocycles. The lowest BCUT2D eigenvalue weighted by molar-refractivity contribution is -0.125. The van der Waals surface area contributed by atoms with Crippen LogP contribution in [0.3, 0.4) is 0 Å². The number of hydrogen-bond donors (Lipinski definition) is 4. The molecular weight excluding hydrogens is 334 g/mol. The van der Waals surface area contributed by atoms with E-state index in [-0.39, 0.29) is 29.6 Å². The lowest BCUT2D eigenvalue weighted by atomic mass is 9.81. The predicted octanol–water partition coefficient (Wildman–Crippen LogP) is 1.16. The first-order chi connectivity index (χ1) is 12.4. The monoisotopic (exact) mass is 367 g/mol. The Morgan fingerprint density at radius 2 is 1.88 bits per heavy atom. The summed E-state index contributed by atoms with van der Waals surface area (Å²) in [5.74, 6) is 0.544. The number of ketones is 1. The van der Waals surface area contributed by atoms with Gasteiger partial charge in [0.2, 0.25) is 5.91 Å². The fourth-order valence-electron chi connectivity index (χ4n) is 3.06. The molecule has 1 saturated carbocycles. The zero-order valence-electron chi connectivity index (χ0n) is 16.1. The molecule has 5 N–H and O–H groups in total. The highest BCUT2D eigenvalue weighted by Crippen LogP contribution is 2.28. The number of nitrogens with one attached hydrogen (secondary N) is 3. The smallest absolute Gasteiger partial charge is 0.335 e. The van der Waals surface area contributed by atoms with Crippen molar-refractivity contribution in [3.63, 3.8) is 0 Å². The first-order valence-electron chi connectivity index (χ1n) is 9.44. The zero-order chi connectivity index (χ0) is 19.5. The molecule has 8 heteroatoms. The molecule has 0 radical (unpaired) electrons. The van der Waals surface area contributed by atoms with E-state index in [0.717, 1.165) is 32.1 Å². The largest absolute Gasteiger partial charge is 0.359 e. The third kappa shape index (κ3) is 7.95. The molecule has 1 rings (SSSR count). The van der Waals surface area contributed by atoms with Crippen LogP contribution in [-0.2, 0) is 9.59 Å².